The number of ketones is 1. The van der Waals surface area contributed by atoms with E-state index in [1.807, 2.05) is 0 Å². The summed E-state index contributed by atoms with van der Waals surface area (Å²) in [5.74, 6) is -0.491. The highest BCUT2D eigenvalue weighted by atomic mass is 19.1. The maximum Gasteiger partial charge on any atom is 0.267 e. The first-order valence-corrected chi connectivity index (χ1v) is 5.43. The lowest BCUT2D eigenvalue weighted by molar-refractivity contribution is -0.119. The topological polar surface area (TPSA) is 52.0 Å². The summed E-state index contributed by atoms with van der Waals surface area (Å²) >= 11 is 0. The molecule has 0 saturated carbocycles. The largest absolute Gasteiger partial charge is 0.297 e. The second kappa shape index (κ2) is 5.35. The quantitative estimate of drug-likeness (QED) is 0.814. The molecule has 2 aromatic rings. The zero-order valence-electron chi connectivity index (χ0n) is 9.54. The molecule has 0 spiro atoms. The number of carbonyl (C=O) groups is 1. The number of Topliss-reactive ketones (excluding diaryl/α,β-unsaturated/α-hetero) is 1. The van der Waals surface area contributed by atoms with E-state index in [0.29, 0.717) is 5.56 Å². The van der Waals surface area contributed by atoms with E-state index in [0.717, 1.165) is 4.68 Å². The van der Waals surface area contributed by atoms with E-state index in [1.165, 1.54) is 30.5 Å². The van der Waals surface area contributed by atoms with E-state index in [4.69, 9.17) is 0 Å². The zero-order chi connectivity index (χ0) is 13.0. The molecule has 0 saturated heterocycles. The number of rotatable bonds is 4. The van der Waals surface area contributed by atoms with Gasteiger partial charge >= 0.3 is 0 Å². The fourth-order valence-corrected chi connectivity index (χ4v) is 1.56. The Morgan fingerprint density at radius 1 is 1.22 bits per heavy atom. The lowest BCUT2D eigenvalue weighted by Gasteiger charge is -2.03. The van der Waals surface area contributed by atoms with Crippen molar-refractivity contribution in [3.05, 3.63) is 64.3 Å². The standard InChI is InChI=1S/C13H11FN2O2/c14-11-5-3-10(4-6-11)8-12(17)9-16-13(18)2-1-7-15-16/h1-7H,8-9H2. The van der Waals surface area contributed by atoms with Gasteiger partial charge < -0.3 is 0 Å². The molecule has 0 fully saturated rings. The molecule has 1 aromatic heterocycles. The van der Waals surface area contributed by atoms with Gasteiger partial charge in [-0.2, -0.15) is 5.10 Å². The van der Waals surface area contributed by atoms with E-state index in [9.17, 15) is 14.0 Å². The summed E-state index contributed by atoms with van der Waals surface area (Å²) in [6, 6.07) is 8.56. The van der Waals surface area contributed by atoms with E-state index in [1.54, 1.807) is 12.1 Å². The lowest BCUT2D eigenvalue weighted by atomic mass is 10.1. The van der Waals surface area contributed by atoms with Crippen LogP contribution in [0, 0.1) is 5.82 Å². The van der Waals surface area contributed by atoms with Crippen LogP contribution in [0.2, 0.25) is 0 Å². The van der Waals surface area contributed by atoms with Crippen LogP contribution in [-0.4, -0.2) is 15.6 Å². The van der Waals surface area contributed by atoms with Crippen molar-refractivity contribution in [1.82, 2.24) is 9.78 Å². The summed E-state index contributed by atoms with van der Waals surface area (Å²) < 4.78 is 13.8. The van der Waals surface area contributed by atoms with Crippen LogP contribution >= 0.6 is 0 Å². The average Bonchev–Trinajstić information content (AvgIpc) is 2.35. The maximum atomic E-state index is 12.7. The smallest absolute Gasteiger partial charge is 0.267 e. The third kappa shape index (κ3) is 3.10. The molecular weight excluding hydrogens is 235 g/mol. The van der Waals surface area contributed by atoms with Gasteiger partial charge in [0, 0.05) is 18.7 Å². The monoisotopic (exact) mass is 246 g/mol. The Morgan fingerprint density at radius 3 is 2.61 bits per heavy atom. The highest BCUT2D eigenvalue weighted by Gasteiger charge is 2.06. The summed E-state index contributed by atoms with van der Waals surface area (Å²) in [5.41, 5.74) is 0.398. The molecule has 1 heterocycles. The minimum atomic E-state index is -0.341. The minimum absolute atomic E-state index is 0.0724. The van der Waals surface area contributed by atoms with Crippen LogP contribution in [0.15, 0.2) is 47.4 Å². The number of carbonyl (C=O) groups excluding carboxylic acids is 1. The van der Waals surface area contributed by atoms with Crippen LogP contribution in [-0.2, 0) is 17.8 Å². The van der Waals surface area contributed by atoms with Crippen molar-refractivity contribution in [3.8, 4) is 0 Å². The van der Waals surface area contributed by atoms with E-state index < -0.39 is 0 Å². The Bertz CT molecular complexity index is 605. The van der Waals surface area contributed by atoms with Crippen molar-refractivity contribution in [2.24, 2.45) is 0 Å². The first-order valence-electron chi connectivity index (χ1n) is 5.43. The number of benzene rings is 1. The highest BCUT2D eigenvalue weighted by molar-refractivity contribution is 5.80. The second-order valence-corrected chi connectivity index (χ2v) is 3.86. The molecule has 0 aliphatic carbocycles. The molecule has 2 rings (SSSR count). The molecule has 0 radical (unpaired) electrons. The summed E-state index contributed by atoms with van der Waals surface area (Å²) in [5, 5.41) is 3.80. The molecule has 0 aliphatic rings. The highest BCUT2D eigenvalue weighted by Crippen LogP contribution is 2.04. The third-order valence-corrected chi connectivity index (χ3v) is 2.43. The molecule has 1 aromatic carbocycles. The first kappa shape index (κ1) is 12.2. The average molecular weight is 246 g/mol. The first-order chi connectivity index (χ1) is 8.65. The predicted octanol–water partition coefficient (Wildman–Crippen LogP) is 1.19. The van der Waals surface area contributed by atoms with Gasteiger partial charge in [-0.15, -0.1) is 0 Å². The minimum Gasteiger partial charge on any atom is -0.297 e. The number of aromatic nitrogens is 2. The Morgan fingerprint density at radius 2 is 1.94 bits per heavy atom. The number of hydrogen-bond donors (Lipinski definition) is 0. The Labute approximate surface area is 103 Å². The van der Waals surface area contributed by atoms with Crippen LogP contribution < -0.4 is 5.56 Å². The van der Waals surface area contributed by atoms with Gasteiger partial charge in [-0.05, 0) is 23.8 Å². The summed E-state index contributed by atoms with van der Waals surface area (Å²) in [4.78, 5) is 23.1. The number of nitrogens with zero attached hydrogens (tertiary/aromatic N) is 2. The van der Waals surface area contributed by atoms with E-state index in [2.05, 4.69) is 5.10 Å². The molecule has 0 N–H and O–H groups in total. The zero-order valence-corrected chi connectivity index (χ0v) is 9.54. The van der Waals surface area contributed by atoms with E-state index in [-0.39, 0.29) is 30.1 Å². The molecule has 92 valence electrons. The van der Waals surface area contributed by atoms with Gasteiger partial charge in [-0.1, -0.05) is 12.1 Å². The normalized spacial score (nSPS) is 10.3. The van der Waals surface area contributed by atoms with Crippen LogP contribution in [0.25, 0.3) is 0 Å². The molecule has 0 unspecified atom stereocenters. The molecule has 4 nitrogen and oxygen atoms in total. The van der Waals surface area contributed by atoms with Crippen molar-refractivity contribution in [1.29, 1.82) is 0 Å². The van der Waals surface area contributed by atoms with Gasteiger partial charge in [0.25, 0.3) is 5.56 Å². The second-order valence-electron chi connectivity index (χ2n) is 3.86. The van der Waals surface area contributed by atoms with Crippen LogP contribution in [0.3, 0.4) is 0 Å². The summed E-state index contributed by atoms with van der Waals surface area (Å²) in [7, 11) is 0. The SMILES string of the molecule is O=C(Cc1ccc(F)cc1)Cn1ncccc1=O. The van der Waals surface area contributed by atoms with E-state index >= 15 is 0 Å². The molecule has 0 aliphatic heterocycles. The van der Waals surface area contributed by atoms with Crippen LogP contribution in [0.4, 0.5) is 4.39 Å². The Kier molecular flexibility index (Phi) is 3.62. The number of halogens is 1. The molecule has 18 heavy (non-hydrogen) atoms. The Hall–Kier alpha value is -2.30. The van der Waals surface area contributed by atoms with Crippen molar-refractivity contribution in [2.45, 2.75) is 13.0 Å². The summed E-state index contributed by atoms with van der Waals surface area (Å²) in [6.07, 6.45) is 1.61. The van der Waals surface area contributed by atoms with Crippen molar-refractivity contribution < 1.29 is 9.18 Å². The van der Waals surface area contributed by atoms with Crippen molar-refractivity contribution in [2.75, 3.05) is 0 Å². The maximum absolute atomic E-state index is 12.7. The number of hydrogen-bond acceptors (Lipinski definition) is 3. The van der Waals surface area contributed by atoms with Crippen molar-refractivity contribution >= 4 is 5.78 Å². The van der Waals surface area contributed by atoms with Gasteiger partial charge in [0.2, 0.25) is 0 Å². The van der Waals surface area contributed by atoms with Crippen molar-refractivity contribution in [3.63, 3.8) is 0 Å². The third-order valence-electron chi connectivity index (χ3n) is 2.43. The van der Waals surface area contributed by atoms with Crippen LogP contribution in [0.1, 0.15) is 5.56 Å². The van der Waals surface area contributed by atoms with Gasteiger partial charge in [0.15, 0.2) is 5.78 Å². The molecular formula is C13H11FN2O2. The fourth-order valence-electron chi connectivity index (χ4n) is 1.56. The lowest BCUT2D eigenvalue weighted by Crippen LogP contribution is -2.26. The summed E-state index contributed by atoms with van der Waals surface area (Å²) in [6.45, 7) is -0.0724. The van der Waals surface area contributed by atoms with Crippen LogP contribution in [0.5, 0.6) is 0 Å². The van der Waals surface area contributed by atoms with Gasteiger partial charge in [-0.25, -0.2) is 9.07 Å². The Balaban J connectivity index is 2.03. The molecule has 0 atom stereocenters. The predicted molar refractivity (Wildman–Crippen MR) is 63.6 cm³/mol. The van der Waals surface area contributed by atoms with Gasteiger partial charge in [0.05, 0.1) is 0 Å². The van der Waals surface area contributed by atoms with Gasteiger partial charge in [-0.3, -0.25) is 9.59 Å². The molecule has 0 amide bonds. The van der Waals surface area contributed by atoms with Gasteiger partial charge in [0.1, 0.15) is 12.4 Å². The molecule has 5 heteroatoms. The fraction of sp³-hybridized carbons (Fsp3) is 0.154. The molecule has 0 bridgehead atoms.